The number of nitrogens with one attached hydrogen (secondary N) is 2. The van der Waals surface area contributed by atoms with E-state index in [-0.39, 0.29) is 17.8 Å². The van der Waals surface area contributed by atoms with E-state index in [9.17, 15) is 4.79 Å². The first-order chi connectivity index (χ1) is 13.8. The second-order valence-electron chi connectivity index (χ2n) is 6.90. The van der Waals surface area contributed by atoms with Gasteiger partial charge in [-0.15, -0.1) is 0 Å². The zero-order chi connectivity index (χ0) is 19.2. The van der Waals surface area contributed by atoms with Gasteiger partial charge in [0.1, 0.15) is 31.3 Å². The van der Waals surface area contributed by atoms with E-state index >= 15 is 0 Å². The first kappa shape index (κ1) is 19.0. The third-order valence-corrected chi connectivity index (χ3v) is 5.58. The lowest BCUT2D eigenvalue weighted by Crippen LogP contribution is -3.13. The normalized spacial score (nSPS) is 19.6. The molecule has 2 atom stereocenters. The van der Waals surface area contributed by atoms with Crippen LogP contribution >= 0.6 is 11.8 Å². The molecule has 0 aliphatic carbocycles. The number of carbonyl (C=O) groups is 1. The molecular weight excluding hydrogens is 374 g/mol. The van der Waals surface area contributed by atoms with Crippen LogP contribution in [-0.4, -0.2) is 49.0 Å². The van der Waals surface area contributed by atoms with E-state index in [4.69, 9.17) is 9.15 Å². The minimum atomic E-state index is -0.0361. The Morgan fingerprint density at radius 1 is 1.18 bits per heavy atom. The Labute approximate surface area is 168 Å². The fourth-order valence-corrected chi connectivity index (χ4v) is 4.02. The summed E-state index contributed by atoms with van der Waals surface area (Å²) in [6, 6.07) is 18.1. The Bertz CT molecular complexity index is 882. The summed E-state index contributed by atoms with van der Waals surface area (Å²) in [6.45, 7) is 4.13. The molecule has 1 fully saturated rings. The lowest BCUT2D eigenvalue weighted by molar-refractivity contribution is -0.925. The topological polar surface area (TPSA) is 68.8 Å². The number of oxazole rings is 1. The molecule has 0 saturated carbocycles. The summed E-state index contributed by atoms with van der Waals surface area (Å²) in [5.74, 6) is 0.242. The van der Waals surface area contributed by atoms with Crippen LogP contribution in [0.15, 0.2) is 64.2 Å². The molecule has 2 aromatic carbocycles. The maximum Gasteiger partial charge on any atom is 0.257 e. The van der Waals surface area contributed by atoms with Gasteiger partial charge in [-0.3, -0.25) is 4.79 Å². The summed E-state index contributed by atoms with van der Waals surface area (Å²) in [5.41, 5.74) is 2.88. The Morgan fingerprint density at radius 3 is 2.86 bits per heavy atom. The van der Waals surface area contributed by atoms with Crippen molar-refractivity contribution in [3.8, 4) is 0 Å². The van der Waals surface area contributed by atoms with Crippen LogP contribution in [-0.2, 0) is 16.1 Å². The maximum absolute atomic E-state index is 12.2. The molecule has 2 N–H and O–H groups in total. The Balaban J connectivity index is 1.20. The van der Waals surface area contributed by atoms with Crippen molar-refractivity contribution in [2.45, 2.75) is 17.9 Å². The number of morpholine rings is 1. The van der Waals surface area contributed by atoms with Crippen LogP contribution in [0.5, 0.6) is 0 Å². The van der Waals surface area contributed by atoms with E-state index in [2.05, 4.69) is 34.6 Å². The number of carbonyl (C=O) groups excluding carboxylic acids is 1. The molecule has 1 unspecified atom stereocenters. The molecule has 0 radical (unpaired) electrons. The van der Waals surface area contributed by atoms with Gasteiger partial charge >= 0.3 is 0 Å². The van der Waals surface area contributed by atoms with Gasteiger partial charge in [-0.05, 0) is 12.1 Å². The molecule has 3 aromatic rings. The Morgan fingerprint density at radius 2 is 2.00 bits per heavy atom. The number of thioether (sulfide) groups is 1. The van der Waals surface area contributed by atoms with Crippen LogP contribution in [0, 0.1) is 0 Å². The lowest BCUT2D eigenvalue weighted by atomic mass is 10.2. The molecule has 4 rings (SSSR count). The monoisotopic (exact) mass is 398 g/mol. The van der Waals surface area contributed by atoms with Crippen molar-refractivity contribution in [1.29, 1.82) is 0 Å². The summed E-state index contributed by atoms with van der Waals surface area (Å²) in [4.78, 5) is 18.0. The number of benzene rings is 2. The molecule has 28 heavy (non-hydrogen) atoms. The number of nitrogens with zero attached hydrogens (tertiary/aromatic N) is 1. The predicted octanol–water partition coefficient (Wildman–Crippen LogP) is 1.52. The average Bonchev–Trinajstić information content (AvgIpc) is 3.15. The van der Waals surface area contributed by atoms with Crippen molar-refractivity contribution in [3.05, 3.63) is 60.2 Å². The van der Waals surface area contributed by atoms with Crippen LogP contribution in [0.25, 0.3) is 11.1 Å². The standard InChI is InChI=1S/C21H23N3O3S/c25-20(15-28-21-23-18-8-4-5-9-19(18)27-21)22-12-17-14-24(10-11-26-17)13-16-6-2-1-3-7-16/h1-9,17H,10-15H2,(H,22,25)/p+1/t17-/m1/s1. The smallest absolute Gasteiger partial charge is 0.257 e. The van der Waals surface area contributed by atoms with E-state index in [1.165, 1.54) is 22.2 Å². The summed E-state index contributed by atoms with van der Waals surface area (Å²) in [7, 11) is 0. The molecule has 1 saturated heterocycles. The third-order valence-electron chi connectivity index (χ3n) is 4.75. The number of hydrogen-bond donors (Lipinski definition) is 2. The zero-order valence-corrected chi connectivity index (χ0v) is 16.4. The highest BCUT2D eigenvalue weighted by Gasteiger charge is 2.24. The van der Waals surface area contributed by atoms with Crippen molar-refractivity contribution < 1.29 is 18.8 Å². The summed E-state index contributed by atoms with van der Waals surface area (Å²) in [6.07, 6.45) is 0.0470. The van der Waals surface area contributed by atoms with Gasteiger partial charge in [0.25, 0.3) is 5.22 Å². The number of para-hydroxylation sites is 2. The molecule has 1 aliphatic rings. The van der Waals surface area contributed by atoms with Crippen molar-refractivity contribution in [3.63, 3.8) is 0 Å². The fourth-order valence-electron chi connectivity index (χ4n) is 3.35. The van der Waals surface area contributed by atoms with Gasteiger partial charge in [0, 0.05) is 12.1 Å². The molecule has 1 aromatic heterocycles. The fraction of sp³-hybridized carbons (Fsp3) is 0.333. The average molecular weight is 399 g/mol. The number of rotatable bonds is 7. The molecule has 2 heterocycles. The number of quaternary nitrogens is 1. The first-order valence-corrected chi connectivity index (χ1v) is 10.5. The van der Waals surface area contributed by atoms with Gasteiger partial charge in [0.15, 0.2) is 5.58 Å². The second-order valence-corrected chi connectivity index (χ2v) is 7.83. The number of amides is 1. The van der Waals surface area contributed by atoms with Gasteiger partial charge in [-0.1, -0.05) is 54.2 Å². The van der Waals surface area contributed by atoms with Crippen molar-refractivity contribution in [2.24, 2.45) is 0 Å². The first-order valence-electron chi connectivity index (χ1n) is 9.50. The molecule has 7 heteroatoms. The summed E-state index contributed by atoms with van der Waals surface area (Å²) in [5, 5.41) is 3.49. The van der Waals surface area contributed by atoms with E-state index in [1.54, 1.807) is 0 Å². The van der Waals surface area contributed by atoms with Crippen LogP contribution in [0.4, 0.5) is 0 Å². The summed E-state index contributed by atoms with van der Waals surface area (Å²) >= 11 is 1.31. The SMILES string of the molecule is O=C(CSc1nc2ccccc2o1)NC[C@@H]1C[NH+](Cc2ccccc2)CCO1. The van der Waals surface area contributed by atoms with E-state index in [0.29, 0.717) is 11.8 Å². The van der Waals surface area contributed by atoms with Crippen LogP contribution in [0.1, 0.15) is 5.56 Å². The Hall–Kier alpha value is -2.35. The van der Waals surface area contributed by atoms with E-state index in [1.807, 2.05) is 30.3 Å². The van der Waals surface area contributed by atoms with Crippen LogP contribution in [0.2, 0.25) is 0 Å². The number of ether oxygens (including phenoxy) is 1. The highest BCUT2D eigenvalue weighted by molar-refractivity contribution is 7.99. The third kappa shape index (κ3) is 5.13. The number of fused-ring (bicyclic) bond motifs is 1. The van der Waals surface area contributed by atoms with Crippen molar-refractivity contribution in [2.75, 3.05) is 32.0 Å². The summed E-state index contributed by atoms with van der Waals surface area (Å²) < 4.78 is 11.5. The zero-order valence-electron chi connectivity index (χ0n) is 15.6. The molecular formula is C21H24N3O3S+. The lowest BCUT2D eigenvalue weighted by Gasteiger charge is -2.30. The van der Waals surface area contributed by atoms with E-state index < -0.39 is 0 Å². The molecule has 0 bridgehead atoms. The minimum Gasteiger partial charge on any atom is -0.431 e. The number of hydrogen-bond acceptors (Lipinski definition) is 5. The maximum atomic E-state index is 12.2. The molecule has 6 nitrogen and oxygen atoms in total. The minimum absolute atomic E-state index is 0.0361. The largest absolute Gasteiger partial charge is 0.431 e. The van der Waals surface area contributed by atoms with Gasteiger partial charge in [0.05, 0.1) is 12.4 Å². The van der Waals surface area contributed by atoms with Gasteiger partial charge < -0.3 is 19.4 Å². The second kappa shape index (κ2) is 9.23. The Kier molecular flexibility index (Phi) is 6.26. The highest BCUT2D eigenvalue weighted by atomic mass is 32.2. The predicted molar refractivity (Wildman–Crippen MR) is 108 cm³/mol. The number of aromatic nitrogens is 1. The van der Waals surface area contributed by atoms with E-state index in [0.717, 1.165) is 37.3 Å². The van der Waals surface area contributed by atoms with Gasteiger partial charge in [0.2, 0.25) is 5.91 Å². The molecule has 1 amide bonds. The molecule has 1 aliphatic heterocycles. The van der Waals surface area contributed by atoms with Crippen LogP contribution in [0.3, 0.4) is 0 Å². The molecule has 146 valence electrons. The quantitative estimate of drug-likeness (QED) is 0.591. The van der Waals surface area contributed by atoms with Gasteiger partial charge in [-0.25, -0.2) is 4.98 Å². The van der Waals surface area contributed by atoms with Crippen LogP contribution < -0.4 is 10.2 Å². The van der Waals surface area contributed by atoms with Gasteiger partial charge in [-0.2, -0.15) is 0 Å². The van der Waals surface area contributed by atoms with Crippen molar-refractivity contribution in [1.82, 2.24) is 10.3 Å². The van der Waals surface area contributed by atoms with Crippen molar-refractivity contribution >= 4 is 28.8 Å². The molecule has 0 spiro atoms. The highest BCUT2D eigenvalue weighted by Crippen LogP contribution is 2.22.